The Kier molecular flexibility index (Phi) is 7.42. The smallest absolute Gasteiger partial charge is 0.259 e. The van der Waals surface area contributed by atoms with Crippen molar-refractivity contribution in [3.05, 3.63) is 53.8 Å². The fraction of sp³-hybridized carbons (Fsp3) is 0.263. The minimum atomic E-state index is -0.327. The number of rotatable bonds is 9. The first-order valence-electron chi connectivity index (χ1n) is 8.33. The minimum Gasteiger partial charge on any atom is -0.490 e. The molecule has 2 rings (SSSR count). The molecular weight excluding hydrogens is 337 g/mol. The van der Waals surface area contributed by atoms with Gasteiger partial charge in [-0.25, -0.2) is 9.82 Å². The van der Waals surface area contributed by atoms with Crippen molar-refractivity contribution in [3.63, 3.8) is 0 Å². The Morgan fingerprint density at radius 2 is 1.77 bits per heavy atom. The van der Waals surface area contributed by atoms with Crippen molar-refractivity contribution >= 4 is 17.8 Å². The summed E-state index contributed by atoms with van der Waals surface area (Å²) in [5.41, 5.74) is 3.84. The van der Waals surface area contributed by atoms with E-state index in [9.17, 15) is 9.18 Å². The lowest BCUT2D eigenvalue weighted by atomic mass is 10.2. The van der Waals surface area contributed by atoms with Crippen LogP contribution in [-0.4, -0.2) is 31.9 Å². The van der Waals surface area contributed by atoms with Crippen molar-refractivity contribution < 1.29 is 18.7 Å². The molecular formula is C19H22FN3O3. The molecule has 1 amide bonds. The summed E-state index contributed by atoms with van der Waals surface area (Å²) < 4.78 is 23.9. The molecule has 0 heterocycles. The van der Waals surface area contributed by atoms with Crippen molar-refractivity contribution in [1.29, 1.82) is 0 Å². The molecule has 2 aromatic rings. The summed E-state index contributed by atoms with van der Waals surface area (Å²) in [5, 5.41) is 6.80. The second-order valence-corrected chi connectivity index (χ2v) is 5.23. The number of anilines is 1. The summed E-state index contributed by atoms with van der Waals surface area (Å²) in [6.07, 6.45) is 1.52. The van der Waals surface area contributed by atoms with Gasteiger partial charge in [0.15, 0.2) is 11.5 Å². The van der Waals surface area contributed by atoms with Crippen LogP contribution in [0.25, 0.3) is 0 Å². The molecule has 26 heavy (non-hydrogen) atoms. The average Bonchev–Trinajstić information content (AvgIpc) is 2.64. The number of benzene rings is 2. The maximum atomic E-state index is 12.8. The number of hydrogen-bond donors (Lipinski definition) is 2. The van der Waals surface area contributed by atoms with Gasteiger partial charge in [-0.15, -0.1) is 0 Å². The van der Waals surface area contributed by atoms with Crippen LogP contribution in [0.1, 0.15) is 19.4 Å². The summed E-state index contributed by atoms with van der Waals surface area (Å²) in [4.78, 5) is 11.8. The van der Waals surface area contributed by atoms with E-state index in [1.165, 1.54) is 18.3 Å². The zero-order valence-electron chi connectivity index (χ0n) is 14.8. The number of ether oxygens (including phenoxy) is 2. The molecule has 6 nitrogen and oxygen atoms in total. The van der Waals surface area contributed by atoms with Gasteiger partial charge in [0.2, 0.25) is 0 Å². The molecule has 2 aromatic carbocycles. The van der Waals surface area contributed by atoms with E-state index < -0.39 is 0 Å². The van der Waals surface area contributed by atoms with Crippen molar-refractivity contribution in [2.75, 3.05) is 25.1 Å². The Morgan fingerprint density at radius 1 is 1.08 bits per heavy atom. The van der Waals surface area contributed by atoms with Crippen LogP contribution in [0.2, 0.25) is 0 Å². The second kappa shape index (κ2) is 10.0. The van der Waals surface area contributed by atoms with Crippen LogP contribution >= 0.6 is 0 Å². The fourth-order valence-corrected chi connectivity index (χ4v) is 2.12. The topological polar surface area (TPSA) is 72.0 Å². The molecule has 0 saturated heterocycles. The SMILES string of the molecule is CCOc1ccc(/C=N\NC(=O)CNc2ccc(F)cc2)cc1OCC. The van der Waals surface area contributed by atoms with Crippen LogP contribution in [-0.2, 0) is 4.79 Å². The zero-order chi connectivity index (χ0) is 18.8. The first-order chi connectivity index (χ1) is 12.6. The molecule has 0 fully saturated rings. The van der Waals surface area contributed by atoms with Crippen molar-refractivity contribution in [2.45, 2.75) is 13.8 Å². The number of nitrogens with one attached hydrogen (secondary N) is 2. The third kappa shape index (κ3) is 6.08. The standard InChI is InChI=1S/C19H22FN3O3/c1-3-25-17-10-5-14(11-18(17)26-4-2)12-22-23-19(24)13-21-16-8-6-15(20)7-9-16/h5-12,21H,3-4,13H2,1-2H3,(H,23,24)/b22-12-. The number of halogens is 1. The lowest BCUT2D eigenvalue weighted by Gasteiger charge is -2.11. The van der Waals surface area contributed by atoms with Gasteiger partial charge in [-0.2, -0.15) is 5.10 Å². The molecule has 0 bridgehead atoms. The number of carbonyl (C=O) groups excluding carboxylic acids is 1. The van der Waals surface area contributed by atoms with E-state index in [1.54, 1.807) is 24.3 Å². The Labute approximate surface area is 152 Å². The Balaban J connectivity index is 1.87. The number of nitrogens with zero attached hydrogens (tertiary/aromatic N) is 1. The third-order valence-corrected chi connectivity index (χ3v) is 3.27. The third-order valence-electron chi connectivity index (χ3n) is 3.27. The molecule has 0 radical (unpaired) electrons. The number of carbonyl (C=O) groups is 1. The molecule has 0 aromatic heterocycles. The highest BCUT2D eigenvalue weighted by molar-refractivity contribution is 5.84. The summed E-state index contributed by atoms with van der Waals surface area (Å²) in [7, 11) is 0. The Morgan fingerprint density at radius 3 is 2.46 bits per heavy atom. The van der Waals surface area contributed by atoms with E-state index in [0.29, 0.717) is 30.4 Å². The van der Waals surface area contributed by atoms with Crippen LogP contribution in [0.3, 0.4) is 0 Å². The highest BCUT2D eigenvalue weighted by Crippen LogP contribution is 2.27. The quantitative estimate of drug-likeness (QED) is 0.533. The van der Waals surface area contributed by atoms with Gasteiger partial charge in [-0.05, 0) is 61.9 Å². The van der Waals surface area contributed by atoms with Crippen molar-refractivity contribution in [3.8, 4) is 11.5 Å². The highest BCUT2D eigenvalue weighted by atomic mass is 19.1. The number of hydrogen-bond acceptors (Lipinski definition) is 5. The molecule has 0 aliphatic heterocycles. The molecule has 0 aliphatic carbocycles. The van der Waals surface area contributed by atoms with Gasteiger partial charge in [-0.3, -0.25) is 4.79 Å². The maximum Gasteiger partial charge on any atom is 0.259 e. The normalized spacial score (nSPS) is 10.6. The molecule has 0 aliphatic rings. The second-order valence-electron chi connectivity index (χ2n) is 5.23. The summed E-state index contributed by atoms with van der Waals surface area (Å²) >= 11 is 0. The van der Waals surface area contributed by atoms with Gasteiger partial charge in [0.25, 0.3) is 5.91 Å². The van der Waals surface area contributed by atoms with Crippen LogP contribution in [0, 0.1) is 5.82 Å². The lowest BCUT2D eigenvalue weighted by molar-refractivity contribution is -0.119. The average molecular weight is 359 g/mol. The van der Waals surface area contributed by atoms with Gasteiger partial charge in [0.1, 0.15) is 5.82 Å². The molecule has 138 valence electrons. The van der Waals surface area contributed by atoms with E-state index in [2.05, 4.69) is 15.8 Å². The van der Waals surface area contributed by atoms with Gasteiger partial charge in [0, 0.05) is 5.69 Å². The van der Waals surface area contributed by atoms with Gasteiger partial charge < -0.3 is 14.8 Å². The van der Waals surface area contributed by atoms with Gasteiger partial charge >= 0.3 is 0 Å². The van der Waals surface area contributed by atoms with E-state index in [-0.39, 0.29) is 18.3 Å². The van der Waals surface area contributed by atoms with Crippen LogP contribution < -0.4 is 20.2 Å². The summed E-state index contributed by atoms with van der Waals surface area (Å²) in [5.74, 6) is 0.648. The Hall–Kier alpha value is -3.09. The molecule has 0 spiro atoms. The van der Waals surface area contributed by atoms with Gasteiger partial charge in [0.05, 0.1) is 26.0 Å². The van der Waals surface area contributed by atoms with Gasteiger partial charge in [-0.1, -0.05) is 0 Å². The van der Waals surface area contributed by atoms with E-state index in [4.69, 9.17) is 9.47 Å². The predicted octanol–water partition coefficient (Wildman–Crippen LogP) is 3.19. The Bertz CT molecular complexity index is 748. The highest BCUT2D eigenvalue weighted by Gasteiger charge is 2.05. The molecule has 0 unspecified atom stereocenters. The van der Waals surface area contributed by atoms with Crippen LogP contribution in [0.5, 0.6) is 11.5 Å². The first kappa shape index (κ1) is 19.2. The lowest BCUT2D eigenvalue weighted by Crippen LogP contribution is -2.25. The van der Waals surface area contributed by atoms with Crippen molar-refractivity contribution in [1.82, 2.24) is 5.43 Å². The molecule has 0 saturated carbocycles. The van der Waals surface area contributed by atoms with Crippen LogP contribution in [0.15, 0.2) is 47.6 Å². The number of amides is 1. The molecule has 2 N–H and O–H groups in total. The molecule has 7 heteroatoms. The largest absolute Gasteiger partial charge is 0.490 e. The van der Waals surface area contributed by atoms with E-state index in [1.807, 2.05) is 19.9 Å². The van der Waals surface area contributed by atoms with Crippen LogP contribution in [0.4, 0.5) is 10.1 Å². The summed E-state index contributed by atoms with van der Waals surface area (Å²) in [6.45, 7) is 4.89. The number of hydrazone groups is 1. The van der Waals surface area contributed by atoms with E-state index in [0.717, 1.165) is 5.56 Å². The monoisotopic (exact) mass is 359 g/mol. The summed E-state index contributed by atoms with van der Waals surface area (Å²) in [6, 6.07) is 11.2. The molecule has 0 atom stereocenters. The van der Waals surface area contributed by atoms with E-state index >= 15 is 0 Å². The zero-order valence-corrected chi connectivity index (χ0v) is 14.8. The minimum absolute atomic E-state index is 0.0243. The maximum absolute atomic E-state index is 12.8. The van der Waals surface area contributed by atoms with Crippen molar-refractivity contribution in [2.24, 2.45) is 5.10 Å². The first-order valence-corrected chi connectivity index (χ1v) is 8.33. The predicted molar refractivity (Wildman–Crippen MR) is 99.4 cm³/mol. The fourth-order valence-electron chi connectivity index (χ4n) is 2.12.